The molecule has 1 aromatic rings. The van der Waals surface area contributed by atoms with Gasteiger partial charge in [-0.3, -0.25) is 4.79 Å². The smallest absolute Gasteiger partial charge is 0.370 e. The summed E-state index contributed by atoms with van der Waals surface area (Å²) in [6, 6.07) is 4.98. The number of aliphatic hydroxyl groups excluding tert-OH is 3. The summed E-state index contributed by atoms with van der Waals surface area (Å²) in [5.41, 5.74) is 0.542. The van der Waals surface area contributed by atoms with E-state index < -0.39 is 54.6 Å². The first-order chi connectivity index (χ1) is 14.7. The predicted octanol–water partition coefficient (Wildman–Crippen LogP) is -1.06. The lowest BCUT2D eigenvalue weighted by molar-refractivity contribution is -0.146. The van der Waals surface area contributed by atoms with E-state index in [0.29, 0.717) is 11.4 Å². The van der Waals surface area contributed by atoms with E-state index in [2.05, 4.69) is 16.0 Å². The first kappa shape index (κ1) is 24.3. The summed E-state index contributed by atoms with van der Waals surface area (Å²) in [4.78, 5) is 23.3. The van der Waals surface area contributed by atoms with Crippen LogP contribution in [0.25, 0.3) is 0 Å². The van der Waals surface area contributed by atoms with Crippen LogP contribution in [0.3, 0.4) is 0 Å². The van der Waals surface area contributed by atoms with Crippen LogP contribution in [0.2, 0.25) is 0 Å². The Morgan fingerprint density at radius 3 is 2.52 bits per heavy atom. The van der Waals surface area contributed by atoms with Gasteiger partial charge in [-0.05, 0) is 30.4 Å². The van der Waals surface area contributed by atoms with Crippen molar-refractivity contribution in [1.29, 1.82) is 0 Å². The van der Waals surface area contributed by atoms with Crippen molar-refractivity contribution in [2.75, 3.05) is 19.0 Å². The monoisotopic (exact) mass is 455 g/mol. The van der Waals surface area contributed by atoms with Crippen LogP contribution in [-0.4, -0.2) is 81.5 Å². The zero-order valence-electron chi connectivity index (χ0n) is 16.8. The van der Waals surface area contributed by atoms with Crippen LogP contribution < -0.4 is 20.7 Å². The number of nitrogens with one attached hydrogen (secondary N) is 3. The normalized spacial score (nSPS) is 22.2. The topological polar surface area (TPSA) is 170 Å². The Morgan fingerprint density at radius 1 is 1.26 bits per heavy atom. The molecule has 1 heterocycles. The maximum atomic E-state index is 11.8. The molecule has 1 amide bonds. The third-order valence-electron chi connectivity index (χ3n) is 4.49. The van der Waals surface area contributed by atoms with Gasteiger partial charge in [0.05, 0.1) is 31.5 Å². The number of rotatable bonds is 8. The van der Waals surface area contributed by atoms with Crippen molar-refractivity contribution >= 4 is 34.9 Å². The number of carboxylic acids is 1. The van der Waals surface area contributed by atoms with Gasteiger partial charge in [0.15, 0.2) is 5.11 Å². The molecule has 0 unspecified atom stereocenters. The molecule has 0 saturated carbocycles. The molecule has 7 N–H and O–H groups in total. The van der Waals surface area contributed by atoms with Crippen LogP contribution in [-0.2, 0) is 14.3 Å². The van der Waals surface area contributed by atoms with E-state index in [9.17, 15) is 24.9 Å². The lowest BCUT2D eigenvalue weighted by Crippen LogP contribution is -2.63. The van der Waals surface area contributed by atoms with E-state index in [1.807, 2.05) is 0 Å². The predicted molar refractivity (Wildman–Crippen MR) is 113 cm³/mol. The summed E-state index contributed by atoms with van der Waals surface area (Å²) in [5.74, 6) is -1.93. The molecule has 0 aromatic heterocycles. The number of anilines is 1. The number of benzene rings is 1. The van der Waals surface area contributed by atoms with Crippen molar-refractivity contribution in [2.24, 2.45) is 0 Å². The van der Waals surface area contributed by atoms with Crippen LogP contribution in [0.15, 0.2) is 36.1 Å². The maximum Gasteiger partial charge on any atom is 0.370 e. The number of para-hydroxylation sites is 2. The lowest BCUT2D eigenvalue weighted by atomic mass is 9.92. The maximum absolute atomic E-state index is 11.8. The van der Waals surface area contributed by atoms with Crippen LogP contribution in [0.5, 0.6) is 5.75 Å². The molecule has 5 atom stereocenters. The van der Waals surface area contributed by atoms with Gasteiger partial charge < -0.3 is 45.9 Å². The number of methoxy groups -OCH3 is 1. The van der Waals surface area contributed by atoms with Crippen molar-refractivity contribution < 1.29 is 39.5 Å². The molecule has 1 aromatic carbocycles. The number of aliphatic carboxylic acids is 1. The molecule has 1 aliphatic heterocycles. The average molecular weight is 455 g/mol. The Labute approximate surface area is 183 Å². The quantitative estimate of drug-likeness (QED) is 0.238. The van der Waals surface area contributed by atoms with E-state index in [1.165, 1.54) is 20.1 Å². The number of aliphatic hydroxyl groups is 3. The number of ether oxygens (including phenoxy) is 2. The molecule has 170 valence electrons. The van der Waals surface area contributed by atoms with Crippen LogP contribution in [0, 0.1) is 0 Å². The highest BCUT2D eigenvalue weighted by Gasteiger charge is 2.43. The summed E-state index contributed by atoms with van der Waals surface area (Å²) in [7, 11) is 1.49. The van der Waals surface area contributed by atoms with Gasteiger partial charge in [-0.25, -0.2) is 4.79 Å². The zero-order chi connectivity index (χ0) is 23.1. The third-order valence-corrected chi connectivity index (χ3v) is 4.71. The molecule has 31 heavy (non-hydrogen) atoms. The van der Waals surface area contributed by atoms with Crippen molar-refractivity contribution in [3.63, 3.8) is 0 Å². The molecule has 0 bridgehead atoms. The summed E-state index contributed by atoms with van der Waals surface area (Å²) in [6.45, 7) is 0.427. The second-order valence-corrected chi connectivity index (χ2v) is 7.12. The van der Waals surface area contributed by atoms with Crippen molar-refractivity contribution in [2.45, 2.75) is 37.3 Å². The van der Waals surface area contributed by atoms with Crippen molar-refractivity contribution in [3.05, 3.63) is 36.1 Å². The summed E-state index contributed by atoms with van der Waals surface area (Å²) < 4.78 is 10.6. The molecule has 11 nitrogen and oxygen atoms in total. The number of carbonyl (C=O) groups is 2. The molecule has 12 heteroatoms. The van der Waals surface area contributed by atoms with Gasteiger partial charge in [-0.1, -0.05) is 12.1 Å². The standard InChI is InChI=1S/C19H25N3O8S/c1-9(24)20-15-11(22-19(31)21-10-5-3-4-6-13(10)29-2)7-14(18(27)28)30-17(15)16(26)12(25)8-23/h3-7,11-12,15-17,23,25-26H,8H2,1-2H3,(H,20,24)(H,27,28)(H2,21,22,31)/t11-,12+,15+,16+,17+/m0/s1. The Morgan fingerprint density at radius 2 is 1.94 bits per heavy atom. The zero-order valence-corrected chi connectivity index (χ0v) is 17.6. The number of hydrogen-bond donors (Lipinski definition) is 7. The molecule has 0 spiro atoms. The van der Waals surface area contributed by atoms with Crippen LogP contribution in [0.1, 0.15) is 6.92 Å². The fourth-order valence-corrected chi connectivity index (χ4v) is 3.30. The number of hydrogen-bond acceptors (Lipinski definition) is 8. The second kappa shape index (κ2) is 10.9. The van der Waals surface area contributed by atoms with E-state index in [-0.39, 0.29) is 5.11 Å². The highest BCUT2D eigenvalue weighted by atomic mass is 32.1. The highest BCUT2D eigenvalue weighted by Crippen LogP contribution is 2.25. The molecule has 0 radical (unpaired) electrons. The largest absolute Gasteiger partial charge is 0.495 e. The van der Waals surface area contributed by atoms with Gasteiger partial charge in [0.25, 0.3) is 0 Å². The minimum Gasteiger partial charge on any atom is -0.495 e. The number of carbonyl (C=O) groups excluding carboxylic acids is 1. The minimum atomic E-state index is -1.70. The minimum absolute atomic E-state index is 0.0729. The Bertz CT molecular complexity index is 849. The highest BCUT2D eigenvalue weighted by molar-refractivity contribution is 7.80. The number of thiocarbonyl (C=S) groups is 1. The molecule has 1 aliphatic rings. The van der Waals surface area contributed by atoms with Gasteiger partial charge in [-0.15, -0.1) is 0 Å². The van der Waals surface area contributed by atoms with E-state index in [0.717, 1.165) is 0 Å². The summed E-state index contributed by atoms with van der Waals surface area (Å²) >= 11 is 5.31. The Kier molecular flexibility index (Phi) is 8.56. The van der Waals surface area contributed by atoms with Gasteiger partial charge in [-0.2, -0.15) is 0 Å². The molecule has 0 aliphatic carbocycles. The first-order valence-electron chi connectivity index (χ1n) is 9.24. The van der Waals surface area contributed by atoms with E-state index in [4.69, 9.17) is 26.8 Å². The molecule has 0 fully saturated rings. The molecule has 0 saturated heterocycles. The summed E-state index contributed by atoms with van der Waals surface area (Å²) in [6.07, 6.45) is -3.54. The third kappa shape index (κ3) is 6.28. The number of carboxylic acid groups (broad SMARTS) is 1. The Balaban J connectivity index is 2.32. The van der Waals surface area contributed by atoms with Gasteiger partial charge >= 0.3 is 5.97 Å². The molecular weight excluding hydrogens is 430 g/mol. The fraction of sp³-hybridized carbons (Fsp3) is 0.421. The Hall–Kier alpha value is -2.93. The van der Waals surface area contributed by atoms with E-state index in [1.54, 1.807) is 24.3 Å². The average Bonchev–Trinajstić information content (AvgIpc) is 2.73. The fourth-order valence-electron chi connectivity index (χ4n) is 3.06. The van der Waals surface area contributed by atoms with Gasteiger partial charge in [0.2, 0.25) is 11.7 Å². The lowest BCUT2D eigenvalue weighted by Gasteiger charge is -2.40. The SMILES string of the molecule is COc1ccccc1NC(=S)N[C@H]1C=C(C(=O)O)O[C@@H]([C@H](O)[C@H](O)CO)[C@@H]1NC(C)=O. The number of amides is 1. The van der Waals surface area contributed by atoms with Crippen molar-refractivity contribution in [3.8, 4) is 5.75 Å². The first-order valence-corrected chi connectivity index (χ1v) is 9.65. The molecular formula is C19H25N3O8S. The summed E-state index contributed by atoms with van der Waals surface area (Å²) in [5, 5.41) is 47.2. The van der Waals surface area contributed by atoms with Crippen LogP contribution in [0.4, 0.5) is 5.69 Å². The van der Waals surface area contributed by atoms with Gasteiger partial charge in [0, 0.05) is 6.92 Å². The second-order valence-electron chi connectivity index (χ2n) is 6.71. The van der Waals surface area contributed by atoms with Crippen molar-refractivity contribution in [1.82, 2.24) is 10.6 Å². The van der Waals surface area contributed by atoms with Gasteiger partial charge in [0.1, 0.15) is 24.1 Å². The van der Waals surface area contributed by atoms with Crippen LogP contribution >= 0.6 is 12.2 Å². The van der Waals surface area contributed by atoms with E-state index >= 15 is 0 Å². The molecule has 2 rings (SSSR count).